The first-order chi connectivity index (χ1) is 11.6. The van der Waals surface area contributed by atoms with Crippen LogP contribution in [0, 0.1) is 5.82 Å². The summed E-state index contributed by atoms with van der Waals surface area (Å²) in [4.78, 5) is 26.7. The van der Waals surface area contributed by atoms with Gasteiger partial charge in [0, 0.05) is 6.54 Å². The van der Waals surface area contributed by atoms with Gasteiger partial charge in [-0.1, -0.05) is 18.2 Å². The van der Waals surface area contributed by atoms with E-state index in [4.69, 9.17) is 4.42 Å². The lowest BCUT2D eigenvalue weighted by atomic mass is 10.1. The second-order valence-electron chi connectivity index (χ2n) is 5.09. The average molecular weight is 343 g/mol. The van der Waals surface area contributed by atoms with Gasteiger partial charge in [0.15, 0.2) is 0 Å². The van der Waals surface area contributed by atoms with Crippen LogP contribution in [0.2, 0.25) is 0 Å². The normalized spacial score (nSPS) is 14.6. The number of amides is 2. The van der Waals surface area contributed by atoms with Gasteiger partial charge in [-0.15, -0.1) is 18.3 Å². The Morgan fingerprint density at radius 3 is 2.54 bits per heavy atom. The number of benzene rings is 1. The SMILES string of the molecule is C=CCN1C(=O)C(SCc2ccco2)=C(c2ccc(F)cc2)C1=O. The van der Waals surface area contributed by atoms with Crippen molar-refractivity contribution in [3.05, 3.63) is 77.4 Å². The van der Waals surface area contributed by atoms with Gasteiger partial charge >= 0.3 is 0 Å². The van der Waals surface area contributed by atoms with Crippen LogP contribution in [0.15, 0.2) is 64.6 Å². The summed E-state index contributed by atoms with van der Waals surface area (Å²) in [6.07, 6.45) is 3.05. The lowest BCUT2D eigenvalue weighted by Crippen LogP contribution is -2.31. The van der Waals surface area contributed by atoms with Crippen LogP contribution in [-0.2, 0) is 15.3 Å². The molecule has 0 atom stereocenters. The summed E-state index contributed by atoms with van der Waals surface area (Å²) in [6.45, 7) is 3.71. The molecular formula is C18H14FNO3S. The van der Waals surface area contributed by atoms with Gasteiger partial charge in [-0.2, -0.15) is 0 Å². The Kier molecular flexibility index (Phi) is 4.66. The molecule has 6 heteroatoms. The van der Waals surface area contributed by atoms with Crippen LogP contribution in [0.25, 0.3) is 5.57 Å². The van der Waals surface area contributed by atoms with Crippen LogP contribution < -0.4 is 0 Å². The Morgan fingerprint density at radius 2 is 1.92 bits per heavy atom. The number of carbonyl (C=O) groups excluding carboxylic acids is 2. The first kappa shape index (κ1) is 16.3. The minimum absolute atomic E-state index is 0.132. The van der Waals surface area contributed by atoms with Crippen LogP contribution in [0.1, 0.15) is 11.3 Å². The van der Waals surface area contributed by atoms with Crippen molar-refractivity contribution in [3.8, 4) is 0 Å². The maximum absolute atomic E-state index is 13.2. The van der Waals surface area contributed by atoms with Crippen LogP contribution in [0.3, 0.4) is 0 Å². The fourth-order valence-electron chi connectivity index (χ4n) is 2.39. The van der Waals surface area contributed by atoms with E-state index in [1.54, 1.807) is 18.4 Å². The van der Waals surface area contributed by atoms with Crippen LogP contribution >= 0.6 is 11.8 Å². The molecule has 2 aromatic rings. The third kappa shape index (κ3) is 3.05. The van der Waals surface area contributed by atoms with Crippen LogP contribution in [0.5, 0.6) is 0 Å². The molecule has 0 saturated carbocycles. The highest BCUT2D eigenvalue weighted by molar-refractivity contribution is 8.03. The monoisotopic (exact) mass is 343 g/mol. The Balaban J connectivity index is 1.97. The number of furan rings is 1. The molecule has 2 heterocycles. The van der Waals surface area contributed by atoms with Gasteiger partial charge in [0.1, 0.15) is 11.6 Å². The maximum atomic E-state index is 13.2. The minimum Gasteiger partial charge on any atom is -0.468 e. The van der Waals surface area contributed by atoms with E-state index in [2.05, 4.69) is 6.58 Å². The maximum Gasteiger partial charge on any atom is 0.268 e. The van der Waals surface area contributed by atoms with Gasteiger partial charge < -0.3 is 4.42 Å². The average Bonchev–Trinajstić information content (AvgIpc) is 3.16. The second-order valence-corrected chi connectivity index (χ2v) is 6.07. The van der Waals surface area contributed by atoms with Crippen molar-refractivity contribution < 1.29 is 18.4 Å². The minimum atomic E-state index is -0.399. The Morgan fingerprint density at radius 1 is 1.17 bits per heavy atom. The number of nitrogens with zero attached hydrogens (tertiary/aromatic N) is 1. The Hall–Kier alpha value is -2.60. The summed E-state index contributed by atoms with van der Waals surface area (Å²) >= 11 is 1.24. The highest BCUT2D eigenvalue weighted by Crippen LogP contribution is 2.37. The van der Waals surface area contributed by atoms with Crippen molar-refractivity contribution in [1.29, 1.82) is 0 Å². The van der Waals surface area contributed by atoms with Crippen molar-refractivity contribution in [1.82, 2.24) is 4.90 Å². The smallest absolute Gasteiger partial charge is 0.268 e. The van der Waals surface area contributed by atoms with Gasteiger partial charge in [-0.3, -0.25) is 14.5 Å². The van der Waals surface area contributed by atoms with E-state index >= 15 is 0 Å². The van der Waals surface area contributed by atoms with E-state index < -0.39 is 11.7 Å². The highest BCUT2D eigenvalue weighted by atomic mass is 32.2. The molecule has 0 unspecified atom stereocenters. The van der Waals surface area contributed by atoms with Crippen molar-refractivity contribution in [2.75, 3.05) is 6.54 Å². The van der Waals surface area contributed by atoms with Crippen LogP contribution in [-0.4, -0.2) is 23.3 Å². The van der Waals surface area contributed by atoms with Crippen molar-refractivity contribution in [2.24, 2.45) is 0 Å². The van der Waals surface area contributed by atoms with E-state index in [0.717, 1.165) is 4.90 Å². The number of imide groups is 1. The second kappa shape index (κ2) is 6.88. The zero-order chi connectivity index (χ0) is 17.1. The molecule has 0 fully saturated rings. The molecule has 2 amide bonds. The molecule has 1 aromatic heterocycles. The first-order valence-electron chi connectivity index (χ1n) is 7.24. The number of thioether (sulfide) groups is 1. The summed E-state index contributed by atoms with van der Waals surface area (Å²) in [7, 11) is 0. The number of carbonyl (C=O) groups is 2. The van der Waals surface area contributed by atoms with E-state index in [-0.39, 0.29) is 12.5 Å². The number of hydrogen-bond donors (Lipinski definition) is 0. The van der Waals surface area contributed by atoms with E-state index in [1.165, 1.54) is 42.1 Å². The van der Waals surface area contributed by atoms with Crippen molar-refractivity contribution in [3.63, 3.8) is 0 Å². The molecule has 4 nitrogen and oxygen atoms in total. The van der Waals surface area contributed by atoms with Gasteiger partial charge in [0.05, 0.1) is 22.5 Å². The molecule has 24 heavy (non-hydrogen) atoms. The molecule has 0 saturated heterocycles. The van der Waals surface area contributed by atoms with E-state index in [0.29, 0.717) is 27.6 Å². The summed E-state index contributed by atoms with van der Waals surface area (Å²) in [5.41, 5.74) is 0.807. The molecule has 1 aliphatic rings. The summed E-state index contributed by atoms with van der Waals surface area (Å²) in [5.74, 6) is -0.0324. The third-order valence-corrected chi connectivity index (χ3v) is 4.61. The molecule has 3 rings (SSSR count). The molecule has 0 radical (unpaired) electrons. The third-order valence-electron chi connectivity index (χ3n) is 3.51. The van der Waals surface area contributed by atoms with Gasteiger partial charge in [0.25, 0.3) is 11.8 Å². The van der Waals surface area contributed by atoms with Crippen molar-refractivity contribution in [2.45, 2.75) is 5.75 Å². The predicted molar refractivity (Wildman–Crippen MR) is 90.2 cm³/mol. The molecule has 0 spiro atoms. The van der Waals surface area contributed by atoms with E-state index in [1.807, 2.05) is 0 Å². The molecule has 122 valence electrons. The summed E-state index contributed by atoms with van der Waals surface area (Å²) in [5, 5.41) is 0. The summed E-state index contributed by atoms with van der Waals surface area (Å²) in [6, 6.07) is 9.10. The Bertz CT molecular complexity index is 809. The lowest BCUT2D eigenvalue weighted by molar-refractivity contribution is -0.135. The molecule has 1 aromatic carbocycles. The van der Waals surface area contributed by atoms with Crippen LogP contribution in [0.4, 0.5) is 4.39 Å². The highest BCUT2D eigenvalue weighted by Gasteiger charge is 2.38. The molecule has 0 bridgehead atoms. The number of hydrogen-bond acceptors (Lipinski definition) is 4. The van der Waals surface area contributed by atoms with Crippen molar-refractivity contribution >= 4 is 29.1 Å². The fraction of sp³-hybridized carbons (Fsp3) is 0.111. The zero-order valence-electron chi connectivity index (χ0n) is 12.7. The summed E-state index contributed by atoms with van der Waals surface area (Å²) < 4.78 is 18.4. The number of halogens is 1. The standard InChI is InChI=1S/C18H14FNO3S/c1-2-9-20-17(21)15(12-5-7-13(19)8-6-12)16(18(20)22)24-11-14-4-3-10-23-14/h2-8,10H,1,9,11H2. The van der Waals surface area contributed by atoms with Gasteiger partial charge in [0.2, 0.25) is 0 Å². The largest absolute Gasteiger partial charge is 0.468 e. The zero-order valence-corrected chi connectivity index (χ0v) is 13.5. The quantitative estimate of drug-likeness (QED) is 0.594. The molecule has 0 aliphatic carbocycles. The molecule has 0 N–H and O–H groups in total. The topological polar surface area (TPSA) is 50.5 Å². The lowest BCUT2D eigenvalue weighted by Gasteiger charge is -2.11. The number of rotatable bonds is 6. The Labute approximate surface area is 142 Å². The van der Waals surface area contributed by atoms with Gasteiger partial charge in [-0.25, -0.2) is 4.39 Å². The van der Waals surface area contributed by atoms with Gasteiger partial charge in [-0.05, 0) is 29.8 Å². The fourth-order valence-corrected chi connectivity index (χ4v) is 3.43. The molecular weight excluding hydrogens is 329 g/mol. The first-order valence-corrected chi connectivity index (χ1v) is 8.23. The van der Waals surface area contributed by atoms with E-state index in [9.17, 15) is 14.0 Å². The predicted octanol–water partition coefficient (Wildman–Crippen LogP) is 3.62. The molecule has 1 aliphatic heterocycles.